The standard InChI is InChI=1S/C19H19ClF2N4OS2/c1-19(10-29(3,27)26(2)18(23)25-19)13-6-11(7-14(21)17(13)22)8-16(28)15-5-4-12(20)9-24-15/h4-7,9H,3,8,10H2,1-2H3,(H2,23,25)/t19-,29?/m0/s1. The molecule has 1 aliphatic heterocycles. The predicted octanol–water partition coefficient (Wildman–Crippen LogP) is 3.08. The Bertz CT molecular complexity index is 1120. The van der Waals surface area contributed by atoms with Crippen molar-refractivity contribution >= 4 is 50.2 Å². The molecule has 1 aliphatic rings. The van der Waals surface area contributed by atoms with Gasteiger partial charge in [0.2, 0.25) is 5.96 Å². The lowest BCUT2D eigenvalue weighted by Gasteiger charge is -2.37. The van der Waals surface area contributed by atoms with Crippen molar-refractivity contribution in [2.75, 3.05) is 12.8 Å². The molecule has 1 aromatic heterocycles. The van der Waals surface area contributed by atoms with Gasteiger partial charge in [-0.25, -0.2) is 18.0 Å². The van der Waals surface area contributed by atoms with Gasteiger partial charge in [-0.15, -0.1) is 0 Å². The molecule has 0 aliphatic carbocycles. The van der Waals surface area contributed by atoms with E-state index in [1.807, 2.05) is 0 Å². The van der Waals surface area contributed by atoms with Crippen LogP contribution in [0.25, 0.3) is 0 Å². The average molecular weight is 457 g/mol. The molecule has 2 heterocycles. The van der Waals surface area contributed by atoms with E-state index in [2.05, 4.69) is 15.8 Å². The van der Waals surface area contributed by atoms with E-state index in [1.165, 1.54) is 23.6 Å². The molecule has 0 fully saturated rings. The maximum absolute atomic E-state index is 14.7. The van der Waals surface area contributed by atoms with Crippen molar-refractivity contribution in [1.82, 2.24) is 9.29 Å². The van der Waals surface area contributed by atoms with Crippen molar-refractivity contribution in [2.24, 2.45) is 10.7 Å². The molecule has 0 bridgehead atoms. The van der Waals surface area contributed by atoms with Crippen LogP contribution in [0.15, 0.2) is 35.5 Å². The number of pyridine rings is 1. The van der Waals surface area contributed by atoms with Crippen LogP contribution in [0.5, 0.6) is 0 Å². The summed E-state index contributed by atoms with van der Waals surface area (Å²) in [6, 6.07) is 5.85. The van der Waals surface area contributed by atoms with Crippen LogP contribution in [-0.4, -0.2) is 43.0 Å². The van der Waals surface area contributed by atoms with Gasteiger partial charge in [-0.1, -0.05) is 23.8 Å². The summed E-state index contributed by atoms with van der Waals surface area (Å²) in [6.45, 7) is 1.55. The van der Waals surface area contributed by atoms with Crippen molar-refractivity contribution in [3.63, 3.8) is 0 Å². The number of nitrogens with zero attached hydrogens (tertiary/aromatic N) is 3. The highest BCUT2D eigenvalue weighted by Crippen LogP contribution is 2.35. The van der Waals surface area contributed by atoms with E-state index >= 15 is 0 Å². The van der Waals surface area contributed by atoms with Crippen LogP contribution in [-0.2, 0) is 21.7 Å². The monoisotopic (exact) mass is 456 g/mol. The second kappa shape index (κ2) is 7.62. The van der Waals surface area contributed by atoms with Crippen molar-refractivity contribution in [3.8, 4) is 0 Å². The summed E-state index contributed by atoms with van der Waals surface area (Å²) in [4.78, 5) is 8.87. The third-order valence-electron chi connectivity index (χ3n) is 4.74. The number of thiocarbonyl (C=S) groups is 1. The van der Waals surface area contributed by atoms with Gasteiger partial charge in [0.15, 0.2) is 11.6 Å². The topological polar surface area (TPSA) is 71.6 Å². The van der Waals surface area contributed by atoms with Crippen molar-refractivity contribution < 1.29 is 13.0 Å². The van der Waals surface area contributed by atoms with Gasteiger partial charge >= 0.3 is 0 Å². The Balaban J connectivity index is 2.02. The Hall–Kier alpha value is -2.10. The first-order chi connectivity index (χ1) is 13.4. The van der Waals surface area contributed by atoms with Crippen LogP contribution in [0, 0.1) is 11.6 Å². The van der Waals surface area contributed by atoms with Gasteiger partial charge in [0.25, 0.3) is 0 Å². The Morgan fingerprint density at radius 1 is 1.45 bits per heavy atom. The highest BCUT2D eigenvalue weighted by atomic mass is 35.5. The van der Waals surface area contributed by atoms with Gasteiger partial charge in [0, 0.05) is 30.1 Å². The molecule has 1 aromatic carbocycles. The molecule has 2 atom stereocenters. The van der Waals surface area contributed by atoms with Crippen molar-refractivity contribution in [3.05, 3.63) is 63.9 Å². The molecular formula is C19H19ClF2N4OS2. The van der Waals surface area contributed by atoms with E-state index in [1.54, 1.807) is 19.1 Å². The molecule has 3 rings (SSSR count). The fourth-order valence-electron chi connectivity index (χ4n) is 3.16. The number of halogens is 3. The number of rotatable bonds is 4. The van der Waals surface area contributed by atoms with E-state index in [0.717, 1.165) is 6.07 Å². The highest BCUT2D eigenvalue weighted by molar-refractivity contribution is 7.98. The minimum atomic E-state index is -2.84. The smallest absolute Gasteiger partial charge is 0.203 e. The highest BCUT2D eigenvalue weighted by Gasteiger charge is 2.39. The number of aliphatic imine (C=N–C) groups is 1. The van der Waals surface area contributed by atoms with Gasteiger partial charge in [0.1, 0.15) is 5.54 Å². The van der Waals surface area contributed by atoms with E-state index in [-0.39, 0.29) is 23.7 Å². The van der Waals surface area contributed by atoms with Crippen LogP contribution < -0.4 is 5.73 Å². The normalized spacial score (nSPS) is 24.3. The Labute approximate surface area is 178 Å². The van der Waals surface area contributed by atoms with Crippen LogP contribution in [0.3, 0.4) is 0 Å². The van der Waals surface area contributed by atoms with Crippen LogP contribution in [0.4, 0.5) is 8.78 Å². The lowest BCUT2D eigenvalue weighted by Crippen LogP contribution is -2.50. The third-order valence-corrected chi connectivity index (χ3v) is 7.51. The minimum Gasteiger partial charge on any atom is -0.369 e. The number of hydrogen-bond donors (Lipinski definition) is 1. The lowest BCUT2D eigenvalue weighted by molar-refractivity contribution is 0.446. The zero-order chi connectivity index (χ0) is 21.6. The molecule has 0 amide bonds. The molecular weight excluding hydrogens is 438 g/mol. The molecule has 29 heavy (non-hydrogen) atoms. The number of benzene rings is 1. The summed E-state index contributed by atoms with van der Waals surface area (Å²) < 4.78 is 43.2. The summed E-state index contributed by atoms with van der Waals surface area (Å²) in [6.07, 6.45) is 1.62. The van der Waals surface area contributed by atoms with Crippen LogP contribution in [0.2, 0.25) is 5.02 Å². The number of nitrogens with two attached hydrogens (primary N) is 1. The summed E-state index contributed by atoms with van der Waals surface area (Å²) in [5.74, 6) is 1.41. The second-order valence-corrected chi connectivity index (χ2v) is 10.4. The second-order valence-electron chi connectivity index (χ2n) is 7.06. The van der Waals surface area contributed by atoms with Crippen molar-refractivity contribution in [2.45, 2.75) is 18.9 Å². The van der Waals surface area contributed by atoms with Gasteiger partial charge in [-0.2, -0.15) is 0 Å². The molecule has 10 heteroatoms. The Morgan fingerprint density at radius 3 is 2.72 bits per heavy atom. The fraction of sp³-hybridized carbons (Fsp3) is 0.263. The minimum absolute atomic E-state index is 0.0493. The maximum Gasteiger partial charge on any atom is 0.203 e. The zero-order valence-electron chi connectivity index (χ0n) is 15.8. The number of guanidine groups is 1. The first kappa shape index (κ1) is 21.6. The zero-order valence-corrected chi connectivity index (χ0v) is 18.2. The van der Waals surface area contributed by atoms with Gasteiger partial charge in [-0.05, 0) is 42.6 Å². The molecule has 2 aromatic rings. The Kier molecular flexibility index (Phi) is 5.68. The molecule has 0 saturated carbocycles. The first-order valence-electron chi connectivity index (χ1n) is 8.50. The molecule has 0 saturated heterocycles. The van der Waals surface area contributed by atoms with E-state index in [9.17, 15) is 13.0 Å². The summed E-state index contributed by atoms with van der Waals surface area (Å²) in [5, 5.41) is 0.467. The summed E-state index contributed by atoms with van der Waals surface area (Å²) >= 11 is 11.2. The molecule has 5 nitrogen and oxygen atoms in total. The molecule has 2 N–H and O–H groups in total. The maximum atomic E-state index is 14.7. The van der Waals surface area contributed by atoms with Crippen LogP contribution >= 0.6 is 23.8 Å². The predicted molar refractivity (Wildman–Crippen MR) is 118 cm³/mol. The number of aromatic nitrogens is 1. The fourth-order valence-corrected chi connectivity index (χ4v) is 5.23. The third kappa shape index (κ3) is 4.26. The first-order valence-corrected chi connectivity index (χ1v) is 11.1. The van der Waals surface area contributed by atoms with Crippen LogP contribution in [0.1, 0.15) is 23.7 Å². The largest absolute Gasteiger partial charge is 0.369 e. The molecule has 154 valence electrons. The van der Waals surface area contributed by atoms with E-state index < -0.39 is 26.9 Å². The van der Waals surface area contributed by atoms with Gasteiger partial charge in [0.05, 0.1) is 26.2 Å². The summed E-state index contributed by atoms with van der Waals surface area (Å²) in [5.41, 5.74) is 5.43. The Morgan fingerprint density at radius 2 is 2.14 bits per heavy atom. The average Bonchev–Trinajstić information content (AvgIpc) is 2.62. The SMILES string of the molecule is C=S1(=O)C[C@@](C)(c2cc(CC(=S)c3ccc(Cl)cn3)cc(F)c2F)N=C(N)N1C. The molecule has 1 unspecified atom stereocenters. The van der Waals surface area contributed by atoms with Gasteiger partial charge in [-0.3, -0.25) is 9.29 Å². The summed E-state index contributed by atoms with van der Waals surface area (Å²) in [7, 11) is -1.34. The molecule has 0 radical (unpaired) electrons. The lowest BCUT2D eigenvalue weighted by atomic mass is 9.91. The quantitative estimate of drug-likeness (QED) is 0.567. The van der Waals surface area contributed by atoms with E-state index in [4.69, 9.17) is 29.6 Å². The van der Waals surface area contributed by atoms with Crippen molar-refractivity contribution in [1.29, 1.82) is 0 Å². The number of hydrogen-bond acceptors (Lipinski definition) is 5. The molecule has 0 spiro atoms. The van der Waals surface area contributed by atoms with Gasteiger partial charge < -0.3 is 5.73 Å². The van der Waals surface area contributed by atoms with E-state index in [0.29, 0.717) is 21.1 Å².